The smallest absolute Gasteiger partial charge is 0.334 e. The van der Waals surface area contributed by atoms with Crippen molar-refractivity contribution in [3.8, 4) is 0 Å². The first-order valence-corrected chi connectivity index (χ1v) is 5.30. The molecule has 1 aliphatic rings. The van der Waals surface area contributed by atoms with Crippen molar-refractivity contribution in [1.82, 2.24) is 0 Å². The molecule has 0 saturated heterocycles. The van der Waals surface area contributed by atoms with Crippen LogP contribution in [0.5, 0.6) is 0 Å². The molecule has 0 N–H and O–H groups in total. The Hall–Kier alpha value is -1.32. The lowest BCUT2D eigenvalue weighted by atomic mass is 9.74. The first-order valence-electron chi connectivity index (χ1n) is 5.30. The van der Waals surface area contributed by atoms with Crippen LogP contribution in [-0.2, 0) is 19.1 Å². The van der Waals surface area contributed by atoms with Crippen LogP contribution in [0.2, 0.25) is 0 Å². The molecule has 0 spiro atoms. The van der Waals surface area contributed by atoms with Crippen molar-refractivity contribution in [3.05, 3.63) is 11.1 Å². The molecular formula is C12H18O4. The van der Waals surface area contributed by atoms with E-state index < -0.39 is 11.9 Å². The lowest BCUT2D eigenvalue weighted by Crippen LogP contribution is -2.26. The fourth-order valence-electron chi connectivity index (χ4n) is 1.95. The minimum Gasteiger partial charge on any atom is -0.466 e. The molecule has 0 fully saturated rings. The molecule has 4 heteroatoms. The summed E-state index contributed by atoms with van der Waals surface area (Å²) in [6.45, 7) is 4.15. The van der Waals surface area contributed by atoms with Crippen molar-refractivity contribution < 1.29 is 19.1 Å². The van der Waals surface area contributed by atoms with Crippen molar-refractivity contribution >= 4 is 11.9 Å². The molecule has 0 aromatic heterocycles. The van der Waals surface area contributed by atoms with Crippen molar-refractivity contribution in [2.24, 2.45) is 5.41 Å². The van der Waals surface area contributed by atoms with Crippen LogP contribution >= 0.6 is 0 Å². The van der Waals surface area contributed by atoms with Gasteiger partial charge in [-0.25, -0.2) is 9.59 Å². The van der Waals surface area contributed by atoms with Crippen LogP contribution in [-0.4, -0.2) is 26.2 Å². The van der Waals surface area contributed by atoms with Gasteiger partial charge in [-0.1, -0.05) is 13.8 Å². The van der Waals surface area contributed by atoms with Gasteiger partial charge < -0.3 is 9.47 Å². The number of hydrogen-bond donors (Lipinski definition) is 0. The Morgan fingerprint density at radius 3 is 2.06 bits per heavy atom. The second kappa shape index (κ2) is 4.68. The summed E-state index contributed by atoms with van der Waals surface area (Å²) in [6, 6.07) is 0. The Labute approximate surface area is 95.6 Å². The van der Waals surface area contributed by atoms with Crippen LogP contribution < -0.4 is 0 Å². The topological polar surface area (TPSA) is 52.6 Å². The molecule has 0 atom stereocenters. The largest absolute Gasteiger partial charge is 0.466 e. The molecule has 1 aliphatic carbocycles. The lowest BCUT2D eigenvalue weighted by Gasteiger charge is -2.31. The highest BCUT2D eigenvalue weighted by molar-refractivity contribution is 6.00. The van der Waals surface area contributed by atoms with E-state index in [1.165, 1.54) is 14.2 Å². The van der Waals surface area contributed by atoms with E-state index in [9.17, 15) is 9.59 Å². The van der Waals surface area contributed by atoms with Gasteiger partial charge in [-0.2, -0.15) is 0 Å². The first kappa shape index (κ1) is 12.7. The minimum absolute atomic E-state index is 0.0288. The van der Waals surface area contributed by atoms with Crippen molar-refractivity contribution in [1.29, 1.82) is 0 Å². The lowest BCUT2D eigenvalue weighted by molar-refractivity contribution is -0.140. The summed E-state index contributed by atoms with van der Waals surface area (Å²) >= 11 is 0. The zero-order chi connectivity index (χ0) is 12.3. The van der Waals surface area contributed by atoms with Crippen LogP contribution in [0.1, 0.15) is 33.1 Å². The Morgan fingerprint density at radius 1 is 1.06 bits per heavy atom. The standard InChI is InChI=1S/C12H18O4/c1-12(2)6-5-8(10(13)15-3)9(7-12)11(14)16-4/h5-7H2,1-4H3. The number of carbonyl (C=O) groups is 2. The van der Waals surface area contributed by atoms with E-state index in [1.807, 2.05) is 0 Å². The van der Waals surface area contributed by atoms with Crippen LogP contribution in [0.15, 0.2) is 11.1 Å². The van der Waals surface area contributed by atoms with Crippen LogP contribution in [0.3, 0.4) is 0 Å². The van der Waals surface area contributed by atoms with Crippen LogP contribution in [0.4, 0.5) is 0 Å². The van der Waals surface area contributed by atoms with E-state index in [1.54, 1.807) is 0 Å². The summed E-state index contributed by atoms with van der Waals surface area (Å²) < 4.78 is 9.38. The Bertz CT molecular complexity index is 339. The number of hydrogen-bond acceptors (Lipinski definition) is 4. The van der Waals surface area contributed by atoms with Crippen LogP contribution in [0.25, 0.3) is 0 Å². The number of rotatable bonds is 2. The highest BCUT2D eigenvalue weighted by atomic mass is 16.5. The molecule has 0 saturated carbocycles. The summed E-state index contributed by atoms with van der Waals surface area (Å²) in [5.74, 6) is -0.843. The van der Waals surface area contributed by atoms with E-state index in [-0.39, 0.29) is 5.41 Å². The quantitative estimate of drug-likeness (QED) is 0.674. The fraction of sp³-hybridized carbons (Fsp3) is 0.667. The number of methoxy groups -OCH3 is 2. The second-order valence-corrected chi connectivity index (χ2v) is 4.78. The van der Waals surface area contributed by atoms with Crippen LogP contribution in [0, 0.1) is 5.41 Å². The van der Waals surface area contributed by atoms with E-state index in [4.69, 9.17) is 4.74 Å². The Balaban J connectivity index is 3.09. The fourth-order valence-corrected chi connectivity index (χ4v) is 1.95. The highest BCUT2D eigenvalue weighted by Crippen LogP contribution is 2.39. The van der Waals surface area contributed by atoms with E-state index in [2.05, 4.69) is 18.6 Å². The molecule has 90 valence electrons. The van der Waals surface area contributed by atoms with Crippen molar-refractivity contribution in [2.45, 2.75) is 33.1 Å². The zero-order valence-electron chi connectivity index (χ0n) is 10.3. The average molecular weight is 226 g/mol. The van der Waals surface area contributed by atoms with Crippen molar-refractivity contribution in [2.75, 3.05) is 14.2 Å². The molecule has 0 aromatic carbocycles. The SMILES string of the molecule is COC(=O)C1=C(C(=O)OC)CC(C)(C)CC1. The molecule has 0 heterocycles. The molecule has 16 heavy (non-hydrogen) atoms. The molecule has 0 aliphatic heterocycles. The molecule has 0 radical (unpaired) electrons. The van der Waals surface area contributed by atoms with Gasteiger partial charge in [0, 0.05) is 11.1 Å². The van der Waals surface area contributed by atoms with Gasteiger partial charge >= 0.3 is 11.9 Å². The number of ether oxygens (including phenoxy) is 2. The molecule has 4 nitrogen and oxygen atoms in total. The predicted octanol–water partition coefficient (Wildman–Crippen LogP) is 1.84. The summed E-state index contributed by atoms with van der Waals surface area (Å²) in [4.78, 5) is 23.1. The zero-order valence-corrected chi connectivity index (χ0v) is 10.3. The third kappa shape index (κ3) is 2.62. The normalized spacial score (nSPS) is 19.2. The molecular weight excluding hydrogens is 208 g/mol. The number of carbonyl (C=O) groups excluding carboxylic acids is 2. The van der Waals surface area contributed by atoms with Gasteiger partial charge in [0.15, 0.2) is 0 Å². The Morgan fingerprint density at radius 2 is 1.56 bits per heavy atom. The molecule has 1 rings (SSSR count). The molecule has 0 unspecified atom stereocenters. The second-order valence-electron chi connectivity index (χ2n) is 4.78. The van der Waals surface area contributed by atoms with Gasteiger partial charge in [-0.3, -0.25) is 0 Å². The van der Waals surface area contributed by atoms with Gasteiger partial charge in [0.2, 0.25) is 0 Å². The minimum atomic E-state index is -0.423. The van der Waals surface area contributed by atoms with Crippen molar-refractivity contribution in [3.63, 3.8) is 0 Å². The maximum absolute atomic E-state index is 11.6. The summed E-state index contributed by atoms with van der Waals surface area (Å²) in [5, 5.41) is 0. The van der Waals surface area contributed by atoms with Gasteiger partial charge in [-0.15, -0.1) is 0 Å². The summed E-state index contributed by atoms with van der Waals surface area (Å²) in [5.41, 5.74) is 0.959. The van der Waals surface area contributed by atoms with E-state index >= 15 is 0 Å². The summed E-state index contributed by atoms with van der Waals surface area (Å²) in [7, 11) is 2.65. The maximum atomic E-state index is 11.6. The van der Waals surface area contributed by atoms with E-state index in [0.29, 0.717) is 24.0 Å². The van der Waals surface area contributed by atoms with Gasteiger partial charge in [0.25, 0.3) is 0 Å². The third-order valence-corrected chi connectivity index (χ3v) is 2.93. The highest BCUT2D eigenvalue weighted by Gasteiger charge is 2.33. The van der Waals surface area contributed by atoms with Gasteiger partial charge in [-0.05, 0) is 24.7 Å². The third-order valence-electron chi connectivity index (χ3n) is 2.93. The van der Waals surface area contributed by atoms with E-state index in [0.717, 1.165) is 6.42 Å². The van der Waals surface area contributed by atoms with Gasteiger partial charge in [0.05, 0.1) is 14.2 Å². The van der Waals surface area contributed by atoms with Gasteiger partial charge in [0.1, 0.15) is 0 Å². The average Bonchev–Trinajstić information content (AvgIpc) is 2.25. The monoisotopic (exact) mass is 226 g/mol. The summed E-state index contributed by atoms with van der Waals surface area (Å²) in [6.07, 6.45) is 2.01. The first-order chi connectivity index (χ1) is 7.41. The number of esters is 2. The Kier molecular flexibility index (Phi) is 3.73. The molecule has 0 bridgehead atoms. The maximum Gasteiger partial charge on any atom is 0.334 e. The predicted molar refractivity (Wildman–Crippen MR) is 58.7 cm³/mol. The molecule has 0 amide bonds. The molecule has 0 aromatic rings.